The number of rotatable bonds is 3. The van der Waals surface area contributed by atoms with Crippen molar-refractivity contribution in [1.82, 2.24) is 0 Å². The predicted octanol–water partition coefficient (Wildman–Crippen LogP) is 2.32. The highest BCUT2D eigenvalue weighted by Crippen LogP contribution is 2.50. The average Bonchev–Trinajstić information content (AvgIpc) is 2.17. The minimum atomic E-state index is 0.313. The molecule has 1 heterocycles. The molecular formula is C12H23NO. The fourth-order valence-electron chi connectivity index (χ4n) is 3.15. The summed E-state index contributed by atoms with van der Waals surface area (Å²) in [5, 5.41) is 0. The van der Waals surface area contributed by atoms with Crippen LogP contribution >= 0.6 is 0 Å². The molecule has 0 bridgehead atoms. The van der Waals surface area contributed by atoms with Crippen LogP contribution in [0.3, 0.4) is 0 Å². The monoisotopic (exact) mass is 197 g/mol. The van der Waals surface area contributed by atoms with Gasteiger partial charge in [0.05, 0.1) is 6.61 Å². The molecule has 2 rings (SSSR count). The SMILES string of the molecule is CC1(CC2(CN)CCCOC2)CCC1. The van der Waals surface area contributed by atoms with Gasteiger partial charge in [0.2, 0.25) is 0 Å². The zero-order valence-corrected chi connectivity index (χ0v) is 9.35. The second kappa shape index (κ2) is 3.82. The van der Waals surface area contributed by atoms with Gasteiger partial charge in [-0.05, 0) is 37.5 Å². The molecule has 1 saturated carbocycles. The third kappa shape index (κ3) is 1.96. The van der Waals surface area contributed by atoms with Crippen molar-refractivity contribution in [3.63, 3.8) is 0 Å². The van der Waals surface area contributed by atoms with E-state index in [2.05, 4.69) is 6.92 Å². The van der Waals surface area contributed by atoms with Gasteiger partial charge >= 0.3 is 0 Å². The van der Waals surface area contributed by atoms with E-state index in [-0.39, 0.29) is 0 Å². The third-order valence-electron chi connectivity index (χ3n) is 4.20. The highest BCUT2D eigenvalue weighted by atomic mass is 16.5. The molecule has 2 fully saturated rings. The predicted molar refractivity (Wildman–Crippen MR) is 58.1 cm³/mol. The first kappa shape index (κ1) is 10.4. The Morgan fingerprint density at radius 1 is 1.21 bits per heavy atom. The van der Waals surface area contributed by atoms with Crippen molar-refractivity contribution in [2.75, 3.05) is 19.8 Å². The Labute approximate surface area is 87.2 Å². The summed E-state index contributed by atoms with van der Waals surface area (Å²) in [6.07, 6.45) is 7.98. The Morgan fingerprint density at radius 3 is 2.43 bits per heavy atom. The molecule has 0 aromatic heterocycles. The minimum Gasteiger partial charge on any atom is -0.381 e. The Morgan fingerprint density at radius 2 is 2.00 bits per heavy atom. The van der Waals surface area contributed by atoms with Crippen LogP contribution in [0.15, 0.2) is 0 Å². The van der Waals surface area contributed by atoms with Crippen LogP contribution in [-0.2, 0) is 4.74 Å². The van der Waals surface area contributed by atoms with E-state index in [1.54, 1.807) is 0 Å². The van der Waals surface area contributed by atoms with Gasteiger partial charge in [-0.25, -0.2) is 0 Å². The molecule has 0 spiro atoms. The number of nitrogens with two attached hydrogens (primary N) is 1. The van der Waals surface area contributed by atoms with Gasteiger partial charge in [0.15, 0.2) is 0 Å². The molecule has 2 nitrogen and oxygen atoms in total. The largest absolute Gasteiger partial charge is 0.381 e. The van der Waals surface area contributed by atoms with Crippen LogP contribution < -0.4 is 5.73 Å². The smallest absolute Gasteiger partial charge is 0.0534 e. The van der Waals surface area contributed by atoms with E-state index in [9.17, 15) is 0 Å². The van der Waals surface area contributed by atoms with Crippen LogP contribution in [0.25, 0.3) is 0 Å². The molecule has 0 radical (unpaired) electrons. The van der Waals surface area contributed by atoms with Crippen molar-refractivity contribution in [2.24, 2.45) is 16.6 Å². The Kier molecular flexibility index (Phi) is 2.85. The summed E-state index contributed by atoms with van der Waals surface area (Å²) in [5.74, 6) is 0. The molecule has 2 N–H and O–H groups in total. The zero-order chi connectivity index (χ0) is 10.1. The lowest BCUT2D eigenvalue weighted by molar-refractivity contribution is -0.0437. The Bertz CT molecular complexity index is 192. The summed E-state index contributed by atoms with van der Waals surface area (Å²) in [4.78, 5) is 0. The summed E-state index contributed by atoms with van der Waals surface area (Å²) in [6.45, 7) is 5.07. The van der Waals surface area contributed by atoms with Crippen molar-refractivity contribution < 1.29 is 4.74 Å². The molecule has 82 valence electrons. The van der Waals surface area contributed by atoms with Crippen molar-refractivity contribution in [2.45, 2.75) is 45.4 Å². The minimum absolute atomic E-state index is 0.313. The second-order valence-electron chi connectivity index (χ2n) is 5.70. The Balaban J connectivity index is 1.96. The summed E-state index contributed by atoms with van der Waals surface area (Å²) in [6, 6.07) is 0. The van der Waals surface area contributed by atoms with E-state index in [1.165, 1.54) is 38.5 Å². The fourth-order valence-corrected chi connectivity index (χ4v) is 3.15. The molecule has 0 aromatic rings. The maximum absolute atomic E-state index is 5.94. The molecule has 2 aliphatic rings. The van der Waals surface area contributed by atoms with Crippen molar-refractivity contribution in [1.29, 1.82) is 0 Å². The Hall–Kier alpha value is -0.0800. The molecular weight excluding hydrogens is 174 g/mol. The highest BCUT2D eigenvalue weighted by molar-refractivity contribution is 4.93. The standard InChI is InChI=1S/C12H23NO/c1-11(4-2-5-11)8-12(9-13)6-3-7-14-10-12/h2-10,13H2,1H3. The first-order valence-electron chi connectivity index (χ1n) is 5.96. The van der Waals surface area contributed by atoms with Crippen molar-refractivity contribution in [3.05, 3.63) is 0 Å². The molecule has 1 aliphatic heterocycles. The van der Waals surface area contributed by atoms with Gasteiger partial charge in [-0.3, -0.25) is 0 Å². The van der Waals surface area contributed by atoms with Gasteiger partial charge in [0.1, 0.15) is 0 Å². The van der Waals surface area contributed by atoms with E-state index >= 15 is 0 Å². The van der Waals surface area contributed by atoms with Crippen LogP contribution in [0.5, 0.6) is 0 Å². The van der Waals surface area contributed by atoms with Crippen LogP contribution in [0.2, 0.25) is 0 Å². The fraction of sp³-hybridized carbons (Fsp3) is 1.00. The van der Waals surface area contributed by atoms with E-state index < -0.39 is 0 Å². The number of ether oxygens (including phenoxy) is 1. The molecule has 1 saturated heterocycles. The summed E-state index contributed by atoms with van der Waals surface area (Å²) < 4.78 is 5.61. The van der Waals surface area contributed by atoms with Gasteiger partial charge < -0.3 is 10.5 Å². The van der Waals surface area contributed by atoms with Gasteiger partial charge in [-0.15, -0.1) is 0 Å². The lowest BCUT2D eigenvalue weighted by atomic mass is 9.60. The first-order valence-corrected chi connectivity index (χ1v) is 5.96. The summed E-state index contributed by atoms with van der Waals surface area (Å²) in [7, 11) is 0. The number of hydrogen-bond donors (Lipinski definition) is 1. The lowest BCUT2D eigenvalue weighted by Crippen LogP contribution is -2.44. The van der Waals surface area contributed by atoms with Crippen LogP contribution in [0.1, 0.15) is 45.4 Å². The summed E-state index contributed by atoms with van der Waals surface area (Å²) >= 11 is 0. The highest BCUT2D eigenvalue weighted by Gasteiger charge is 2.42. The zero-order valence-electron chi connectivity index (χ0n) is 9.35. The van der Waals surface area contributed by atoms with Gasteiger partial charge in [0.25, 0.3) is 0 Å². The molecule has 0 amide bonds. The van der Waals surface area contributed by atoms with Crippen molar-refractivity contribution >= 4 is 0 Å². The molecule has 0 aromatic carbocycles. The topological polar surface area (TPSA) is 35.2 Å². The van der Waals surface area contributed by atoms with E-state index in [4.69, 9.17) is 10.5 Å². The van der Waals surface area contributed by atoms with Gasteiger partial charge in [-0.2, -0.15) is 0 Å². The maximum Gasteiger partial charge on any atom is 0.0534 e. The van der Waals surface area contributed by atoms with Crippen LogP contribution in [0.4, 0.5) is 0 Å². The van der Waals surface area contributed by atoms with Gasteiger partial charge in [-0.1, -0.05) is 13.3 Å². The van der Waals surface area contributed by atoms with Crippen LogP contribution in [0, 0.1) is 10.8 Å². The van der Waals surface area contributed by atoms with Crippen molar-refractivity contribution in [3.8, 4) is 0 Å². The normalized spacial score (nSPS) is 36.4. The van der Waals surface area contributed by atoms with Crippen LogP contribution in [-0.4, -0.2) is 19.8 Å². The maximum atomic E-state index is 5.94. The molecule has 1 aliphatic carbocycles. The molecule has 14 heavy (non-hydrogen) atoms. The molecule has 1 unspecified atom stereocenters. The van der Waals surface area contributed by atoms with E-state index in [0.717, 1.165) is 19.8 Å². The second-order valence-corrected chi connectivity index (χ2v) is 5.70. The lowest BCUT2D eigenvalue weighted by Gasteiger charge is -2.47. The van der Waals surface area contributed by atoms with E-state index in [0.29, 0.717) is 10.8 Å². The summed E-state index contributed by atoms with van der Waals surface area (Å²) in [5.41, 5.74) is 6.84. The van der Waals surface area contributed by atoms with E-state index in [1.807, 2.05) is 0 Å². The average molecular weight is 197 g/mol. The van der Waals surface area contributed by atoms with Gasteiger partial charge in [0, 0.05) is 18.6 Å². The number of hydrogen-bond acceptors (Lipinski definition) is 2. The first-order chi connectivity index (χ1) is 6.68. The quantitative estimate of drug-likeness (QED) is 0.753. The molecule has 2 heteroatoms. The third-order valence-corrected chi connectivity index (χ3v) is 4.20. The molecule has 1 atom stereocenters.